The molecule has 0 saturated carbocycles. The van der Waals surface area contributed by atoms with Crippen LogP contribution in [-0.4, -0.2) is 42.7 Å². The maximum Gasteiger partial charge on any atom is 0.232 e. The zero-order valence-electron chi connectivity index (χ0n) is 11.5. The summed E-state index contributed by atoms with van der Waals surface area (Å²) in [7, 11) is 0. The summed E-state index contributed by atoms with van der Waals surface area (Å²) >= 11 is 1.64. The van der Waals surface area contributed by atoms with E-state index in [9.17, 15) is 4.79 Å². The van der Waals surface area contributed by atoms with Crippen LogP contribution in [0.25, 0.3) is 0 Å². The summed E-state index contributed by atoms with van der Waals surface area (Å²) < 4.78 is 0. The van der Waals surface area contributed by atoms with Gasteiger partial charge in [0.15, 0.2) is 0 Å². The number of nitrogens with zero attached hydrogens (tertiary/aromatic N) is 1. The van der Waals surface area contributed by atoms with Crippen molar-refractivity contribution in [3.05, 3.63) is 30.3 Å². The molecule has 3 nitrogen and oxygen atoms in total. The van der Waals surface area contributed by atoms with E-state index in [0.29, 0.717) is 11.2 Å². The smallest absolute Gasteiger partial charge is 0.232 e. The molecule has 1 atom stereocenters. The molecule has 1 aromatic carbocycles. The average molecular weight is 313 g/mol. The lowest BCUT2D eigenvalue weighted by Gasteiger charge is -2.22. The van der Waals surface area contributed by atoms with Crippen LogP contribution in [0.3, 0.4) is 0 Å². The number of carbonyl (C=O) groups excluding carboxylic acids is 1. The molecule has 1 unspecified atom stereocenters. The minimum atomic E-state index is 0. The summed E-state index contributed by atoms with van der Waals surface area (Å²) in [6.45, 7) is 4.09. The van der Waals surface area contributed by atoms with Crippen LogP contribution in [0.1, 0.15) is 12.8 Å². The molecule has 0 aromatic heterocycles. The molecule has 1 aromatic rings. The molecule has 0 radical (unpaired) electrons. The number of thioether (sulfide) groups is 1. The molecule has 2 heterocycles. The van der Waals surface area contributed by atoms with Crippen molar-refractivity contribution in [2.24, 2.45) is 5.41 Å². The van der Waals surface area contributed by atoms with Crippen LogP contribution < -0.4 is 5.32 Å². The summed E-state index contributed by atoms with van der Waals surface area (Å²) in [6.07, 6.45) is 2.39. The molecular formula is C15H21ClN2OS. The molecule has 5 heteroatoms. The first-order valence-corrected chi connectivity index (χ1v) is 7.92. The highest BCUT2D eigenvalue weighted by Crippen LogP contribution is 2.36. The van der Waals surface area contributed by atoms with Gasteiger partial charge in [0.2, 0.25) is 5.91 Å². The first kappa shape index (κ1) is 15.7. The van der Waals surface area contributed by atoms with Crippen molar-refractivity contribution in [3.8, 4) is 0 Å². The van der Waals surface area contributed by atoms with Crippen LogP contribution in [-0.2, 0) is 4.79 Å². The number of rotatable bonds is 3. The Morgan fingerprint density at radius 1 is 1.30 bits per heavy atom. The van der Waals surface area contributed by atoms with Gasteiger partial charge in [0.25, 0.3) is 0 Å². The van der Waals surface area contributed by atoms with Gasteiger partial charge in [-0.3, -0.25) is 4.79 Å². The third-order valence-corrected chi connectivity index (χ3v) is 5.23. The molecule has 0 bridgehead atoms. The van der Waals surface area contributed by atoms with E-state index in [-0.39, 0.29) is 18.3 Å². The van der Waals surface area contributed by atoms with E-state index in [1.54, 1.807) is 11.8 Å². The molecule has 2 saturated heterocycles. The number of halogens is 1. The fourth-order valence-electron chi connectivity index (χ4n) is 3.04. The van der Waals surface area contributed by atoms with Crippen LogP contribution >= 0.6 is 24.2 Å². The van der Waals surface area contributed by atoms with E-state index in [2.05, 4.69) is 22.3 Å². The van der Waals surface area contributed by atoms with E-state index < -0.39 is 0 Å². The largest absolute Gasteiger partial charge is 0.341 e. The monoisotopic (exact) mass is 312 g/mol. The lowest BCUT2D eigenvalue weighted by atomic mass is 9.87. The van der Waals surface area contributed by atoms with Crippen molar-refractivity contribution in [1.82, 2.24) is 10.2 Å². The van der Waals surface area contributed by atoms with Gasteiger partial charge in [0.05, 0.1) is 5.75 Å². The molecule has 2 fully saturated rings. The standard InChI is InChI=1S/C15H20N2OS.ClH/c18-14(10-19-13-4-2-1-3-5-13)17-9-7-15(12-17)6-8-16-11-15;/h1-5,16H,6-12H2;1H. The quantitative estimate of drug-likeness (QED) is 0.870. The average Bonchev–Trinajstić information content (AvgIpc) is 3.08. The lowest BCUT2D eigenvalue weighted by Crippen LogP contribution is -2.34. The Hall–Kier alpha value is -0.710. The Kier molecular flexibility index (Phi) is 5.35. The summed E-state index contributed by atoms with van der Waals surface area (Å²) in [5.74, 6) is 0.852. The highest BCUT2D eigenvalue weighted by molar-refractivity contribution is 8.00. The molecule has 2 aliphatic rings. The first-order valence-electron chi connectivity index (χ1n) is 6.94. The number of hydrogen-bond acceptors (Lipinski definition) is 3. The van der Waals surface area contributed by atoms with Crippen molar-refractivity contribution >= 4 is 30.1 Å². The van der Waals surface area contributed by atoms with Gasteiger partial charge in [-0.1, -0.05) is 18.2 Å². The summed E-state index contributed by atoms with van der Waals surface area (Å²) in [5, 5.41) is 3.43. The molecule has 1 amide bonds. The summed E-state index contributed by atoms with van der Waals surface area (Å²) in [6, 6.07) is 10.2. The Bertz CT molecular complexity index is 448. The van der Waals surface area contributed by atoms with Crippen molar-refractivity contribution < 1.29 is 4.79 Å². The van der Waals surface area contributed by atoms with Crippen LogP contribution in [0.15, 0.2) is 35.2 Å². The predicted octanol–water partition coefficient (Wildman–Crippen LogP) is 2.41. The second kappa shape index (κ2) is 6.83. The molecular weight excluding hydrogens is 292 g/mol. The van der Waals surface area contributed by atoms with Crippen molar-refractivity contribution in [3.63, 3.8) is 0 Å². The first-order chi connectivity index (χ1) is 9.27. The Balaban J connectivity index is 0.00000147. The van der Waals surface area contributed by atoms with Gasteiger partial charge < -0.3 is 10.2 Å². The zero-order valence-corrected chi connectivity index (χ0v) is 13.1. The number of likely N-dealkylation sites (tertiary alicyclic amines) is 1. The topological polar surface area (TPSA) is 32.3 Å². The Morgan fingerprint density at radius 3 is 2.80 bits per heavy atom. The van der Waals surface area contributed by atoms with Gasteiger partial charge in [-0.15, -0.1) is 24.2 Å². The summed E-state index contributed by atoms with van der Waals surface area (Å²) in [4.78, 5) is 15.5. The van der Waals surface area contributed by atoms with Crippen molar-refractivity contribution in [2.75, 3.05) is 31.9 Å². The van der Waals surface area contributed by atoms with E-state index >= 15 is 0 Å². The van der Waals surface area contributed by atoms with Gasteiger partial charge >= 0.3 is 0 Å². The third kappa shape index (κ3) is 3.48. The SMILES string of the molecule is Cl.O=C(CSc1ccccc1)N1CCC2(CCNC2)C1. The maximum absolute atomic E-state index is 12.2. The van der Waals surface area contributed by atoms with Gasteiger partial charge in [-0.2, -0.15) is 0 Å². The second-order valence-corrected chi connectivity index (χ2v) is 6.64. The third-order valence-electron chi connectivity index (χ3n) is 4.23. The number of benzene rings is 1. The predicted molar refractivity (Wildman–Crippen MR) is 85.5 cm³/mol. The van der Waals surface area contributed by atoms with Crippen LogP contribution in [0.2, 0.25) is 0 Å². The van der Waals surface area contributed by atoms with Crippen molar-refractivity contribution in [2.45, 2.75) is 17.7 Å². The highest BCUT2D eigenvalue weighted by Gasteiger charge is 2.41. The molecule has 1 N–H and O–H groups in total. The molecule has 2 aliphatic heterocycles. The lowest BCUT2D eigenvalue weighted by molar-refractivity contribution is -0.127. The highest BCUT2D eigenvalue weighted by atomic mass is 35.5. The van der Waals surface area contributed by atoms with Gasteiger partial charge in [0, 0.05) is 29.9 Å². The van der Waals surface area contributed by atoms with Gasteiger partial charge in [-0.25, -0.2) is 0 Å². The number of carbonyl (C=O) groups is 1. The van der Waals surface area contributed by atoms with E-state index in [4.69, 9.17) is 0 Å². The molecule has 3 rings (SSSR count). The fraction of sp³-hybridized carbons (Fsp3) is 0.533. The number of nitrogens with one attached hydrogen (secondary N) is 1. The molecule has 20 heavy (non-hydrogen) atoms. The van der Waals surface area contributed by atoms with Crippen LogP contribution in [0, 0.1) is 5.41 Å². The minimum Gasteiger partial charge on any atom is -0.341 e. The molecule has 110 valence electrons. The Morgan fingerprint density at radius 2 is 2.10 bits per heavy atom. The zero-order chi connectivity index (χ0) is 13.1. The fourth-order valence-corrected chi connectivity index (χ4v) is 3.87. The van der Waals surface area contributed by atoms with Crippen LogP contribution in [0.5, 0.6) is 0 Å². The number of hydrogen-bond donors (Lipinski definition) is 1. The minimum absolute atomic E-state index is 0. The van der Waals surface area contributed by atoms with Crippen LogP contribution in [0.4, 0.5) is 0 Å². The maximum atomic E-state index is 12.2. The Labute approximate surface area is 130 Å². The summed E-state index contributed by atoms with van der Waals surface area (Å²) in [5.41, 5.74) is 0.382. The second-order valence-electron chi connectivity index (χ2n) is 5.59. The van der Waals surface area contributed by atoms with E-state index in [1.165, 1.54) is 17.7 Å². The molecule has 0 aliphatic carbocycles. The van der Waals surface area contributed by atoms with Gasteiger partial charge in [0.1, 0.15) is 0 Å². The van der Waals surface area contributed by atoms with E-state index in [0.717, 1.165) is 26.2 Å². The number of amides is 1. The molecule has 1 spiro atoms. The van der Waals surface area contributed by atoms with Gasteiger partial charge in [-0.05, 0) is 31.5 Å². The van der Waals surface area contributed by atoms with Crippen molar-refractivity contribution in [1.29, 1.82) is 0 Å². The normalized spacial score (nSPS) is 24.9. The van der Waals surface area contributed by atoms with E-state index in [1.807, 2.05) is 18.2 Å².